The van der Waals surface area contributed by atoms with E-state index in [1.807, 2.05) is 0 Å². The number of thioether (sulfide) groups is 1. The highest BCUT2D eigenvalue weighted by molar-refractivity contribution is 7.99. The molecule has 1 atom stereocenters. The Morgan fingerprint density at radius 2 is 2.00 bits per heavy atom. The van der Waals surface area contributed by atoms with Crippen LogP contribution >= 0.6 is 11.8 Å². The van der Waals surface area contributed by atoms with E-state index in [0.29, 0.717) is 0 Å². The Morgan fingerprint density at radius 3 is 2.67 bits per heavy atom. The van der Waals surface area contributed by atoms with Crippen molar-refractivity contribution < 1.29 is 0 Å². The zero-order valence-electron chi connectivity index (χ0n) is 7.07. The summed E-state index contributed by atoms with van der Waals surface area (Å²) in [7, 11) is 0. The Balaban J connectivity index is 2.08. The molecule has 0 spiro atoms. The average Bonchev–Trinajstić information content (AvgIpc) is 2.21. The lowest BCUT2D eigenvalue weighted by molar-refractivity contribution is 0.833. The minimum absolute atomic E-state index is 0.722. The van der Waals surface area contributed by atoms with Crippen molar-refractivity contribution in [1.82, 2.24) is 0 Å². The van der Waals surface area contributed by atoms with Gasteiger partial charge in [0.1, 0.15) is 0 Å². The number of hydrogen-bond acceptors (Lipinski definition) is 1. The van der Waals surface area contributed by atoms with Crippen molar-refractivity contribution >= 4 is 11.8 Å². The van der Waals surface area contributed by atoms with Gasteiger partial charge in [0.05, 0.1) is 0 Å². The molecule has 0 aromatic heterocycles. The van der Waals surface area contributed by atoms with Gasteiger partial charge in [-0.15, -0.1) is 0 Å². The van der Waals surface area contributed by atoms with Crippen LogP contribution in [0.15, 0.2) is 30.3 Å². The fourth-order valence-corrected chi connectivity index (χ4v) is 2.74. The molecule has 1 aliphatic rings. The van der Waals surface area contributed by atoms with Gasteiger partial charge in [-0.05, 0) is 30.6 Å². The molecule has 12 heavy (non-hydrogen) atoms. The van der Waals surface area contributed by atoms with Crippen LogP contribution in [0.3, 0.4) is 0 Å². The number of hydrogen-bond donors (Lipinski definition) is 0. The standard InChI is InChI=1S/C11H13S/c1-2-6-10(7-3-1)11-8-4-5-9-12-11/h1-4,6-7,11H,5,8-9H2. The third-order valence-corrected chi connectivity index (χ3v) is 3.53. The van der Waals surface area contributed by atoms with Crippen LogP contribution in [-0.2, 0) is 0 Å². The second kappa shape index (κ2) is 3.99. The van der Waals surface area contributed by atoms with Crippen molar-refractivity contribution in [3.8, 4) is 0 Å². The third-order valence-electron chi connectivity index (χ3n) is 2.19. The van der Waals surface area contributed by atoms with Gasteiger partial charge in [0, 0.05) is 5.25 Å². The minimum Gasteiger partial charge on any atom is -0.154 e. The molecule has 63 valence electrons. The van der Waals surface area contributed by atoms with Gasteiger partial charge >= 0.3 is 0 Å². The molecule has 0 amide bonds. The predicted molar refractivity (Wildman–Crippen MR) is 55.2 cm³/mol. The summed E-state index contributed by atoms with van der Waals surface area (Å²) in [5.41, 5.74) is 1.48. The second-order valence-corrected chi connectivity index (χ2v) is 4.39. The quantitative estimate of drug-likeness (QED) is 0.633. The Bertz CT molecular complexity index is 224. The lowest BCUT2D eigenvalue weighted by Gasteiger charge is -2.21. The van der Waals surface area contributed by atoms with Crippen molar-refractivity contribution in [2.24, 2.45) is 0 Å². The first-order chi connectivity index (χ1) is 5.97. The molecule has 1 heterocycles. The van der Waals surface area contributed by atoms with Crippen LogP contribution in [0.1, 0.15) is 23.7 Å². The monoisotopic (exact) mass is 177 g/mol. The lowest BCUT2D eigenvalue weighted by Crippen LogP contribution is -2.01. The largest absolute Gasteiger partial charge is 0.154 e. The Kier molecular flexibility index (Phi) is 2.72. The van der Waals surface area contributed by atoms with E-state index in [4.69, 9.17) is 0 Å². The maximum Gasteiger partial charge on any atom is 0.0300 e. The SMILES string of the molecule is [CH]1CCSC(c2ccccc2)C1. The summed E-state index contributed by atoms with van der Waals surface area (Å²) >= 11 is 2.09. The predicted octanol–water partition coefficient (Wildman–Crippen LogP) is 3.46. The Morgan fingerprint density at radius 1 is 1.17 bits per heavy atom. The van der Waals surface area contributed by atoms with Crippen LogP contribution in [0.2, 0.25) is 0 Å². The maximum absolute atomic E-state index is 2.41. The van der Waals surface area contributed by atoms with Crippen LogP contribution < -0.4 is 0 Å². The van der Waals surface area contributed by atoms with Crippen molar-refractivity contribution in [3.05, 3.63) is 42.3 Å². The molecule has 1 aliphatic heterocycles. The first-order valence-electron chi connectivity index (χ1n) is 4.45. The molecule has 1 fully saturated rings. The van der Waals surface area contributed by atoms with Crippen LogP contribution in [0.4, 0.5) is 0 Å². The van der Waals surface area contributed by atoms with Crippen molar-refractivity contribution in [2.75, 3.05) is 5.75 Å². The van der Waals surface area contributed by atoms with Crippen molar-refractivity contribution in [1.29, 1.82) is 0 Å². The lowest BCUT2D eigenvalue weighted by atomic mass is 10.1. The summed E-state index contributed by atoms with van der Waals surface area (Å²) in [6.07, 6.45) is 4.94. The van der Waals surface area contributed by atoms with E-state index in [1.54, 1.807) is 0 Å². The van der Waals surface area contributed by atoms with E-state index in [9.17, 15) is 0 Å². The molecular formula is C11H13S. The molecule has 1 heteroatoms. The van der Waals surface area contributed by atoms with E-state index < -0.39 is 0 Å². The molecule has 1 aromatic carbocycles. The summed E-state index contributed by atoms with van der Waals surface area (Å²) < 4.78 is 0. The molecule has 0 aliphatic carbocycles. The highest BCUT2D eigenvalue weighted by Crippen LogP contribution is 2.37. The fraction of sp³-hybridized carbons (Fsp3) is 0.364. The van der Waals surface area contributed by atoms with Crippen LogP contribution in [-0.4, -0.2) is 5.75 Å². The fourth-order valence-electron chi connectivity index (χ4n) is 1.53. The highest BCUT2D eigenvalue weighted by atomic mass is 32.2. The molecule has 0 saturated carbocycles. The van der Waals surface area contributed by atoms with E-state index in [0.717, 1.165) is 5.25 Å². The zero-order chi connectivity index (χ0) is 8.23. The molecule has 1 radical (unpaired) electrons. The molecule has 1 unspecified atom stereocenters. The molecule has 1 saturated heterocycles. The number of rotatable bonds is 1. The summed E-state index contributed by atoms with van der Waals surface area (Å²) in [4.78, 5) is 0. The van der Waals surface area contributed by atoms with E-state index in [-0.39, 0.29) is 0 Å². The second-order valence-electron chi connectivity index (χ2n) is 3.08. The molecule has 0 bridgehead atoms. The minimum atomic E-state index is 0.722. The van der Waals surface area contributed by atoms with Gasteiger partial charge in [-0.3, -0.25) is 0 Å². The normalized spacial score (nSPS) is 23.8. The Labute approximate surface area is 78.4 Å². The molecule has 1 aromatic rings. The Hall–Kier alpha value is -0.430. The van der Waals surface area contributed by atoms with Gasteiger partial charge in [0.2, 0.25) is 0 Å². The summed E-state index contributed by atoms with van der Waals surface area (Å²) in [5.74, 6) is 1.29. The van der Waals surface area contributed by atoms with Crippen molar-refractivity contribution in [3.63, 3.8) is 0 Å². The first kappa shape index (κ1) is 8.18. The van der Waals surface area contributed by atoms with Gasteiger partial charge in [0.25, 0.3) is 0 Å². The summed E-state index contributed by atoms with van der Waals surface area (Å²) in [5, 5.41) is 0.722. The van der Waals surface area contributed by atoms with Crippen LogP contribution in [0.25, 0.3) is 0 Å². The summed E-state index contributed by atoms with van der Waals surface area (Å²) in [6.45, 7) is 0. The first-order valence-corrected chi connectivity index (χ1v) is 5.50. The topological polar surface area (TPSA) is 0 Å². The molecule has 2 rings (SSSR count). The smallest absolute Gasteiger partial charge is 0.0300 e. The molecule has 0 N–H and O–H groups in total. The van der Waals surface area contributed by atoms with Gasteiger partial charge in [0.15, 0.2) is 0 Å². The molecule has 0 nitrogen and oxygen atoms in total. The average molecular weight is 177 g/mol. The number of benzene rings is 1. The molecular weight excluding hydrogens is 164 g/mol. The van der Waals surface area contributed by atoms with Gasteiger partial charge < -0.3 is 0 Å². The van der Waals surface area contributed by atoms with Gasteiger partial charge in [-0.2, -0.15) is 11.8 Å². The highest BCUT2D eigenvalue weighted by Gasteiger charge is 2.14. The van der Waals surface area contributed by atoms with E-state index in [2.05, 4.69) is 48.5 Å². The van der Waals surface area contributed by atoms with Crippen LogP contribution in [0, 0.1) is 6.42 Å². The van der Waals surface area contributed by atoms with Gasteiger partial charge in [-0.1, -0.05) is 30.3 Å². The zero-order valence-corrected chi connectivity index (χ0v) is 7.89. The van der Waals surface area contributed by atoms with Crippen molar-refractivity contribution in [2.45, 2.75) is 18.1 Å². The van der Waals surface area contributed by atoms with Gasteiger partial charge in [-0.25, -0.2) is 0 Å². The third kappa shape index (κ3) is 1.84. The van der Waals surface area contributed by atoms with Crippen LogP contribution in [0.5, 0.6) is 0 Å². The maximum atomic E-state index is 2.41. The summed E-state index contributed by atoms with van der Waals surface area (Å²) in [6, 6.07) is 10.8. The van der Waals surface area contributed by atoms with E-state index in [1.165, 1.54) is 24.2 Å². The van der Waals surface area contributed by atoms with E-state index >= 15 is 0 Å².